The van der Waals surface area contributed by atoms with Gasteiger partial charge in [0.1, 0.15) is 0 Å². The molecule has 0 aromatic rings. The lowest BCUT2D eigenvalue weighted by molar-refractivity contribution is -0.133. The molecule has 19 heavy (non-hydrogen) atoms. The van der Waals surface area contributed by atoms with Crippen molar-refractivity contribution in [1.29, 1.82) is 0 Å². The van der Waals surface area contributed by atoms with Crippen molar-refractivity contribution < 1.29 is 4.79 Å². The van der Waals surface area contributed by atoms with E-state index in [0.29, 0.717) is 23.8 Å². The van der Waals surface area contributed by atoms with Crippen LogP contribution in [0.15, 0.2) is 0 Å². The van der Waals surface area contributed by atoms with Gasteiger partial charge in [-0.2, -0.15) is 0 Å². The van der Waals surface area contributed by atoms with Crippen molar-refractivity contribution in [2.45, 2.75) is 72.3 Å². The summed E-state index contributed by atoms with van der Waals surface area (Å²) in [7, 11) is 0. The molecule has 0 aromatic heterocycles. The predicted molar refractivity (Wildman–Crippen MR) is 81.2 cm³/mol. The number of amides is 1. The highest BCUT2D eigenvalue weighted by molar-refractivity contribution is 5.76. The summed E-state index contributed by atoms with van der Waals surface area (Å²) in [5.41, 5.74) is 0.510. The summed E-state index contributed by atoms with van der Waals surface area (Å²) in [6.45, 7) is 11.8. The van der Waals surface area contributed by atoms with E-state index in [2.05, 4.69) is 37.9 Å². The largest absolute Gasteiger partial charge is 0.343 e. The molecule has 3 nitrogen and oxygen atoms in total. The molecule has 1 fully saturated rings. The normalized spacial score (nSPS) is 18.9. The van der Waals surface area contributed by atoms with Gasteiger partial charge in [-0.05, 0) is 31.2 Å². The van der Waals surface area contributed by atoms with Crippen molar-refractivity contribution in [3.05, 3.63) is 0 Å². The quantitative estimate of drug-likeness (QED) is 0.719. The molecule has 0 saturated carbocycles. The molecule has 0 radical (unpaired) electrons. The van der Waals surface area contributed by atoms with Crippen molar-refractivity contribution in [3.63, 3.8) is 0 Å². The van der Waals surface area contributed by atoms with Gasteiger partial charge in [0, 0.05) is 25.6 Å². The van der Waals surface area contributed by atoms with E-state index >= 15 is 0 Å². The zero-order valence-electron chi connectivity index (χ0n) is 13.3. The molecule has 0 aromatic carbocycles. The van der Waals surface area contributed by atoms with E-state index in [4.69, 9.17) is 0 Å². The minimum atomic E-state index is 0.353. The Hall–Kier alpha value is -0.570. The topological polar surface area (TPSA) is 32.3 Å². The number of hydrogen-bond donors (Lipinski definition) is 1. The third-order valence-corrected chi connectivity index (χ3v) is 4.80. The number of likely N-dealkylation sites (tertiary alicyclic amines) is 1. The second-order valence-corrected chi connectivity index (χ2v) is 6.30. The first-order valence-corrected chi connectivity index (χ1v) is 8.04. The molecule has 112 valence electrons. The molecule has 1 heterocycles. The summed E-state index contributed by atoms with van der Waals surface area (Å²) in [4.78, 5) is 14.2. The Kier molecular flexibility index (Phi) is 6.84. The lowest BCUT2D eigenvalue weighted by atomic mass is 9.74. The number of piperidine rings is 1. The van der Waals surface area contributed by atoms with Crippen LogP contribution in [0.4, 0.5) is 0 Å². The van der Waals surface area contributed by atoms with E-state index < -0.39 is 0 Å². The monoisotopic (exact) mass is 268 g/mol. The smallest absolute Gasteiger partial charge is 0.222 e. The maximum atomic E-state index is 12.1. The lowest BCUT2D eigenvalue weighted by Crippen LogP contribution is -2.43. The lowest BCUT2D eigenvalue weighted by Gasteiger charge is -2.41. The first kappa shape index (κ1) is 16.5. The minimum absolute atomic E-state index is 0.353. The second kappa shape index (κ2) is 7.88. The van der Waals surface area contributed by atoms with Gasteiger partial charge in [0.2, 0.25) is 5.91 Å². The van der Waals surface area contributed by atoms with Gasteiger partial charge in [0.15, 0.2) is 0 Å². The van der Waals surface area contributed by atoms with Crippen LogP contribution in [0.5, 0.6) is 0 Å². The van der Waals surface area contributed by atoms with E-state index in [1.54, 1.807) is 0 Å². The van der Waals surface area contributed by atoms with Gasteiger partial charge >= 0.3 is 0 Å². The molecule has 1 aliphatic rings. The molecule has 1 saturated heterocycles. The Morgan fingerprint density at radius 3 is 2.26 bits per heavy atom. The molecule has 1 N–H and O–H groups in total. The third kappa shape index (κ3) is 5.13. The molecular formula is C16H32N2O. The van der Waals surface area contributed by atoms with Gasteiger partial charge in [0.05, 0.1) is 0 Å². The zero-order valence-corrected chi connectivity index (χ0v) is 13.3. The summed E-state index contributed by atoms with van der Waals surface area (Å²) >= 11 is 0. The SMILES string of the molecule is CCC1(CC)CCN(C(=O)CCCNC(C)C)CC1. The van der Waals surface area contributed by atoms with Gasteiger partial charge in [-0.15, -0.1) is 0 Å². The van der Waals surface area contributed by atoms with Gasteiger partial charge in [0.25, 0.3) is 0 Å². The number of rotatable bonds is 7. The summed E-state index contributed by atoms with van der Waals surface area (Å²) < 4.78 is 0. The second-order valence-electron chi connectivity index (χ2n) is 6.30. The fourth-order valence-corrected chi connectivity index (χ4v) is 2.98. The van der Waals surface area contributed by atoms with Crippen LogP contribution < -0.4 is 5.32 Å². The minimum Gasteiger partial charge on any atom is -0.343 e. The average molecular weight is 268 g/mol. The maximum Gasteiger partial charge on any atom is 0.222 e. The van der Waals surface area contributed by atoms with Crippen molar-refractivity contribution in [1.82, 2.24) is 10.2 Å². The van der Waals surface area contributed by atoms with Crippen molar-refractivity contribution >= 4 is 5.91 Å². The van der Waals surface area contributed by atoms with E-state index in [-0.39, 0.29) is 0 Å². The highest BCUT2D eigenvalue weighted by Crippen LogP contribution is 2.37. The van der Waals surface area contributed by atoms with Crippen LogP contribution in [0, 0.1) is 5.41 Å². The Labute approximate surface area is 119 Å². The standard InChI is InChI=1S/C16H32N2O/c1-5-16(6-2)9-12-18(13-10-16)15(19)8-7-11-17-14(3)4/h14,17H,5-13H2,1-4H3. The number of nitrogens with zero attached hydrogens (tertiary/aromatic N) is 1. The van der Waals surface area contributed by atoms with Crippen LogP contribution in [0.1, 0.15) is 66.2 Å². The summed E-state index contributed by atoms with van der Waals surface area (Å²) in [6, 6.07) is 0.514. The third-order valence-electron chi connectivity index (χ3n) is 4.80. The van der Waals surface area contributed by atoms with E-state index in [1.807, 2.05) is 0 Å². The number of carbonyl (C=O) groups excluding carboxylic acids is 1. The molecule has 0 bridgehead atoms. The molecule has 3 heteroatoms. The molecule has 0 spiro atoms. The molecule has 0 unspecified atom stereocenters. The molecule has 1 amide bonds. The van der Waals surface area contributed by atoms with Gasteiger partial charge in [-0.1, -0.05) is 40.5 Å². The van der Waals surface area contributed by atoms with Crippen LogP contribution in [0.25, 0.3) is 0 Å². The van der Waals surface area contributed by atoms with Crippen LogP contribution in [0.2, 0.25) is 0 Å². The maximum absolute atomic E-state index is 12.1. The van der Waals surface area contributed by atoms with Crippen LogP contribution in [0.3, 0.4) is 0 Å². The Bertz CT molecular complexity index is 262. The molecule has 0 aliphatic carbocycles. The Morgan fingerprint density at radius 2 is 1.79 bits per heavy atom. The summed E-state index contributed by atoms with van der Waals surface area (Å²) in [5.74, 6) is 0.353. The molecular weight excluding hydrogens is 236 g/mol. The summed E-state index contributed by atoms with van der Waals surface area (Å²) in [5, 5.41) is 3.36. The number of hydrogen-bond acceptors (Lipinski definition) is 2. The molecule has 1 aliphatic heterocycles. The van der Waals surface area contributed by atoms with Gasteiger partial charge in [-0.25, -0.2) is 0 Å². The van der Waals surface area contributed by atoms with Crippen molar-refractivity contribution in [2.75, 3.05) is 19.6 Å². The van der Waals surface area contributed by atoms with E-state index in [9.17, 15) is 4.79 Å². The van der Waals surface area contributed by atoms with Gasteiger partial charge < -0.3 is 10.2 Å². The van der Waals surface area contributed by atoms with Crippen LogP contribution in [-0.4, -0.2) is 36.5 Å². The van der Waals surface area contributed by atoms with Gasteiger partial charge in [-0.3, -0.25) is 4.79 Å². The first-order chi connectivity index (χ1) is 9.03. The highest BCUT2D eigenvalue weighted by Gasteiger charge is 2.32. The van der Waals surface area contributed by atoms with E-state index in [0.717, 1.165) is 26.1 Å². The fourth-order valence-electron chi connectivity index (χ4n) is 2.98. The molecule has 0 atom stereocenters. The fraction of sp³-hybridized carbons (Fsp3) is 0.938. The molecule has 1 rings (SSSR count). The number of nitrogens with one attached hydrogen (secondary N) is 1. The number of carbonyl (C=O) groups is 1. The van der Waals surface area contributed by atoms with Crippen LogP contribution in [-0.2, 0) is 4.79 Å². The van der Waals surface area contributed by atoms with Crippen LogP contribution >= 0.6 is 0 Å². The Morgan fingerprint density at radius 1 is 1.21 bits per heavy atom. The summed E-state index contributed by atoms with van der Waals surface area (Å²) in [6.07, 6.45) is 6.55. The Balaban J connectivity index is 2.25. The first-order valence-electron chi connectivity index (χ1n) is 8.04. The van der Waals surface area contributed by atoms with E-state index in [1.165, 1.54) is 25.7 Å². The predicted octanol–water partition coefficient (Wildman–Crippen LogP) is 3.19. The van der Waals surface area contributed by atoms with Crippen molar-refractivity contribution in [3.8, 4) is 0 Å². The van der Waals surface area contributed by atoms with Crippen molar-refractivity contribution in [2.24, 2.45) is 5.41 Å². The zero-order chi connectivity index (χ0) is 14.3. The highest BCUT2D eigenvalue weighted by atomic mass is 16.2. The average Bonchev–Trinajstić information content (AvgIpc) is 2.43.